The van der Waals surface area contributed by atoms with Crippen molar-refractivity contribution in [1.82, 2.24) is 0 Å². The first-order valence-corrected chi connectivity index (χ1v) is 5.42. The molecule has 0 spiro atoms. The zero-order valence-corrected chi connectivity index (χ0v) is 9.84. The first-order valence-electron chi connectivity index (χ1n) is 5.42. The Bertz CT molecular complexity index is 477. The molecule has 0 saturated heterocycles. The number of hydrogen-bond donors (Lipinski definition) is 0. The molecule has 2 aromatic carbocycles. The number of rotatable bonds is 1. The van der Waals surface area contributed by atoms with Crippen molar-refractivity contribution in [2.45, 2.75) is 20.8 Å². The Labute approximate surface area is 95.7 Å². The van der Waals surface area contributed by atoms with E-state index in [1.807, 2.05) is 18.2 Å². The topological polar surface area (TPSA) is 0 Å². The molecular formula is C15H15F. The molecule has 0 N–H and O–H groups in total. The summed E-state index contributed by atoms with van der Waals surface area (Å²) in [6, 6.07) is 11.6. The lowest BCUT2D eigenvalue weighted by atomic mass is 9.99. The maximum absolute atomic E-state index is 13.4. The first-order chi connectivity index (χ1) is 7.58. The Morgan fingerprint density at radius 2 is 1.25 bits per heavy atom. The average Bonchev–Trinajstić information content (AvgIpc) is 2.26. The molecular weight excluding hydrogens is 199 g/mol. The zero-order valence-electron chi connectivity index (χ0n) is 9.84. The van der Waals surface area contributed by atoms with Gasteiger partial charge in [-0.05, 0) is 54.7 Å². The van der Waals surface area contributed by atoms with E-state index in [0.29, 0.717) is 5.56 Å². The van der Waals surface area contributed by atoms with Gasteiger partial charge in [-0.1, -0.05) is 30.3 Å². The fourth-order valence-corrected chi connectivity index (χ4v) is 1.69. The van der Waals surface area contributed by atoms with Crippen LogP contribution in [0.2, 0.25) is 0 Å². The van der Waals surface area contributed by atoms with Gasteiger partial charge in [0.15, 0.2) is 0 Å². The highest BCUT2D eigenvalue weighted by molar-refractivity contribution is 5.65. The van der Waals surface area contributed by atoms with Crippen molar-refractivity contribution in [2.24, 2.45) is 0 Å². The molecule has 0 saturated carbocycles. The van der Waals surface area contributed by atoms with Gasteiger partial charge in [0.1, 0.15) is 5.82 Å². The van der Waals surface area contributed by atoms with E-state index in [-0.39, 0.29) is 5.82 Å². The molecule has 82 valence electrons. The maximum Gasteiger partial charge on any atom is 0.126 e. The smallest absolute Gasteiger partial charge is 0.126 e. The summed E-state index contributed by atoms with van der Waals surface area (Å²) in [7, 11) is 0. The summed E-state index contributed by atoms with van der Waals surface area (Å²) in [6.07, 6.45) is 0. The van der Waals surface area contributed by atoms with Gasteiger partial charge in [0.2, 0.25) is 0 Å². The average molecular weight is 214 g/mol. The Hall–Kier alpha value is -1.63. The maximum atomic E-state index is 13.4. The van der Waals surface area contributed by atoms with Crippen LogP contribution in [0.25, 0.3) is 11.1 Å². The third-order valence-electron chi connectivity index (χ3n) is 3.01. The van der Waals surface area contributed by atoms with Gasteiger partial charge in [-0.15, -0.1) is 0 Å². The molecule has 0 atom stereocenters. The second-order valence-electron chi connectivity index (χ2n) is 4.26. The second kappa shape index (κ2) is 4.09. The fraction of sp³-hybridized carbons (Fsp3) is 0.200. The quantitative estimate of drug-likeness (QED) is 0.659. The molecule has 0 aliphatic heterocycles. The largest absolute Gasteiger partial charge is 0.207 e. The van der Waals surface area contributed by atoms with Crippen molar-refractivity contribution in [3.63, 3.8) is 0 Å². The van der Waals surface area contributed by atoms with Crippen molar-refractivity contribution in [2.75, 3.05) is 0 Å². The highest BCUT2D eigenvalue weighted by atomic mass is 19.1. The molecule has 16 heavy (non-hydrogen) atoms. The Balaban J connectivity index is 2.50. The zero-order chi connectivity index (χ0) is 11.7. The number of benzene rings is 2. The Kier molecular flexibility index (Phi) is 2.78. The molecule has 0 amide bonds. The van der Waals surface area contributed by atoms with E-state index in [4.69, 9.17) is 0 Å². The van der Waals surface area contributed by atoms with Crippen LogP contribution in [0.4, 0.5) is 4.39 Å². The van der Waals surface area contributed by atoms with Crippen LogP contribution in [-0.4, -0.2) is 0 Å². The molecule has 0 radical (unpaired) electrons. The van der Waals surface area contributed by atoms with Crippen molar-refractivity contribution in [1.29, 1.82) is 0 Å². The lowest BCUT2D eigenvalue weighted by molar-refractivity contribution is 0.619. The molecule has 0 unspecified atom stereocenters. The normalized spacial score (nSPS) is 10.5. The van der Waals surface area contributed by atoms with Gasteiger partial charge >= 0.3 is 0 Å². The molecule has 0 nitrogen and oxygen atoms in total. The SMILES string of the molecule is Cc1ccc(-c2ccc(C)c(F)c2)cc1C. The van der Waals surface area contributed by atoms with Crippen LogP contribution in [0.5, 0.6) is 0 Å². The summed E-state index contributed by atoms with van der Waals surface area (Å²) < 4.78 is 13.4. The molecule has 0 fully saturated rings. The molecule has 0 aromatic heterocycles. The van der Waals surface area contributed by atoms with Crippen LogP contribution in [0, 0.1) is 26.6 Å². The van der Waals surface area contributed by atoms with Crippen molar-refractivity contribution >= 4 is 0 Å². The number of halogens is 1. The first kappa shape index (κ1) is 10.9. The van der Waals surface area contributed by atoms with Crippen molar-refractivity contribution in [3.8, 4) is 11.1 Å². The predicted octanol–water partition coefficient (Wildman–Crippen LogP) is 4.42. The van der Waals surface area contributed by atoms with Crippen molar-refractivity contribution in [3.05, 3.63) is 58.9 Å². The molecule has 1 heteroatoms. The third-order valence-corrected chi connectivity index (χ3v) is 3.01. The van der Waals surface area contributed by atoms with Crippen LogP contribution < -0.4 is 0 Å². The summed E-state index contributed by atoms with van der Waals surface area (Å²) in [6.45, 7) is 5.93. The van der Waals surface area contributed by atoms with E-state index < -0.39 is 0 Å². The van der Waals surface area contributed by atoms with Gasteiger partial charge in [0.05, 0.1) is 0 Å². The van der Waals surface area contributed by atoms with Crippen molar-refractivity contribution < 1.29 is 4.39 Å². The molecule has 0 heterocycles. The summed E-state index contributed by atoms with van der Waals surface area (Å²) >= 11 is 0. The highest BCUT2D eigenvalue weighted by Gasteiger charge is 2.03. The summed E-state index contributed by atoms with van der Waals surface area (Å²) in [5.74, 6) is -0.143. The van der Waals surface area contributed by atoms with Crippen LogP contribution in [0.1, 0.15) is 16.7 Å². The molecule has 0 bridgehead atoms. The van der Waals surface area contributed by atoms with Gasteiger partial charge in [0.25, 0.3) is 0 Å². The fourth-order valence-electron chi connectivity index (χ4n) is 1.69. The van der Waals surface area contributed by atoms with Gasteiger partial charge in [-0.2, -0.15) is 0 Å². The van der Waals surface area contributed by atoms with Gasteiger partial charge in [0, 0.05) is 0 Å². The summed E-state index contributed by atoms with van der Waals surface area (Å²) in [4.78, 5) is 0. The molecule has 2 rings (SSSR count). The highest BCUT2D eigenvalue weighted by Crippen LogP contribution is 2.23. The van der Waals surface area contributed by atoms with Crippen LogP contribution >= 0.6 is 0 Å². The standard InChI is InChI=1S/C15H15F/c1-10-4-6-13(8-12(10)3)14-7-5-11(2)15(16)9-14/h4-9H,1-3H3. The monoisotopic (exact) mass is 214 g/mol. The summed E-state index contributed by atoms with van der Waals surface area (Å²) in [5, 5.41) is 0. The minimum atomic E-state index is -0.143. The second-order valence-corrected chi connectivity index (χ2v) is 4.26. The Morgan fingerprint density at radius 1 is 0.688 bits per heavy atom. The van der Waals surface area contributed by atoms with Gasteiger partial charge in [-0.25, -0.2) is 4.39 Å². The van der Waals surface area contributed by atoms with E-state index in [1.54, 1.807) is 13.0 Å². The predicted molar refractivity (Wildman–Crippen MR) is 66.0 cm³/mol. The third kappa shape index (κ3) is 1.99. The van der Waals surface area contributed by atoms with Crippen LogP contribution in [-0.2, 0) is 0 Å². The van der Waals surface area contributed by atoms with E-state index in [9.17, 15) is 4.39 Å². The lowest BCUT2D eigenvalue weighted by Crippen LogP contribution is -1.86. The van der Waals surface area contributed by atoms with E-state index >= 15 is 0 Å². The van der Waals surface area contributed by atoms with Crippen LogP contribution in [0.15, 0.2) is 36.4 Å². The Morgan fingerprint density at radius 3 is 1.81 bits per heavy atom. The van der Waals surface area contributed by atoms with Crippen LogP contribution in [0.3, 0.4) is 0 Å². The van der Waals surface area contributed by atoms with E-state index in [0.717, 1.165) is 11.1 Å². The minimum absolute atomic E-state index is 0.143. The van der Waals surface area contributed by atoms with E-state index in [1.165, 1.54) is 11.1 Å². The number of aryl methyl sites for hydroxylation is 3. The van der Waals surface area contributed by atoms with Gasteiger partial charge < -0.3 is 0 Å². The summed E-state index contributed by atoms with van der Waals surface area (Å²) in [5.41, 5.74) is 5.19. The molecule has 0 aliphatic rings. The van der Waals surface area contributed by atoms with E-state index in [2.05, 4.69) is 26.0 Å². The molecule has 2 aromatic rings. The minimum Gasteiger partial charge on any atom is -0.207 e. The van der Waals surface area contributed by atoms with Gasteiger partial charge in [-0.3, -0.25) is 0 Å². The lowest BCUT2D eigenvalue weighted by Gasteiger charge is -2.06. The number of hydrogen-bond acceptors (Lipinski definition) is 0. The molecule has 0 aliphatic carbocycles.